The number of Topliss-reactive ketones (excluding diaryl/α,β-unsaturated/α-hetero) is 1. The van der Waals surface area contributed by atoms with Crippen molar-refractivity contribution in [3.63, 3.8) is 0 Å². The van der Waals surface area contributed by atoms with Crippen LogP contribution in [0.1, 0.15) is 52.2 Å². The second-order valence-electron chi connectivity index (χ2n) is 5.06. The molecule has 1 aliphatic heterocycles. The second kappa shape index (κ2) is 5.15. The van der Waals surface area contributed by atoms with Gasteiger partial charge >= 0.3 is 0 Å². The van der Waals surface area contributed by atoms with E-state index in [0.29, 0.717) is 11.7 Å². The lowest BCUT2D eigenvalue weighted by Gasteiger charge is -2.19. The van der Waals surface area contributed by atoms with Gasteiger partial charge in [-0.25, -0.2) is 0 Å². The van der Waals surface area contributed by atoms with Crippen molar-refractivity contribution in [2.75, 3.05) is 5.75 Å². The fourth-order valence-electron chi connectivity index (χ4n) is 2.83. The number of carbonyl (C=O) groups excluding carboxylic acids is 1. The zero-order valence-electron chi connectivity index (χ0n) is 10.0. The molecule has 1 saturated carbocycles. The Hall–Kier alpha value is -0.280. The van der Waals surface area contributed by atoms with Crippen molar-refractivity contribution in [2.24, 2.45) is 5.92 Å². The van der Waals surface area contributed by atoms with Crippen molar-refractivity contribution in [1.29, 1.82) is 0 Å². The monoisotopic (exact) mass is 266 g/mol. The number of aryl methyl sites for hydroxylation is 1. The van der Waals surface area contributed by atoms with Crippen molar-refractivity contribution in [2.45, 2.75) is 44.3 Å². The van der Waals surface area contributed by atoms with Gasteiger partial charge in [0.25, 0.3) is 0 Å². The molecule has 0 unspecified atom stereocenters. The highest BCUT2D eigenvalue weighted by atomic mass is 32.2. The highest BCUT2D eigenvalue weighted by Crippen LogP contribution is 2.35. The van der Waals surface area contributed by atoms with E-state index in [1.54, 1.807) is 11.3 Å². The van der Waals surface area contributed by atoms with E-state index in [1.807, 2.05) is 11.8 Å². The number of ketones is 1. The summed E-state index contributed by atoms with van der Waals surface area (Å²) in [5.41, 5.74) is 1.44. The van der Waals surface area contributed by atoms with E-state index in [0.717, 1.165) is 23.5 Å². The molecule has 3 rings (SSSR count). The van der Waals surface area contributed by atoms with Crippen molar-refractivity contribution >= 4 is 28.9 Å². The first-order chi connectivity index (χ1) is 8.34. The molecular weight excluding hydrogens is 248 g/mol. The number of carbonyl (C=O) groups is 1. The molecule has 2 aliphatic rings. The summed E-state index contributed by atoms with van der Waals surface area (Å²) < 4.78 is 0. The smallest absolute Gasteiger partial charge is 0.175 e. The van der Waals surface area contributed by atoms with Crippen LogP contribution in [0.25, 0.3) is 0 Å². The minimum Gasteiger partial charge on any atom is -0.293 e. The van der Waals surface area contributed by atoms with Crippen LogP contribution in [0.4, 0.5) is 0 Å². The number of rotatable bonds is 2. The molecule has 0 saturated heterocycles. The molecular formula is C14H18OS2. The highest BCUT2D eigenvalue weighted by Gasteiger charge is 2.25. The van der Waals surface area contributed by atoms with Gasteiger partial charge in [0.05, 0.1) is 4.88 Å². The molecule has 0 aromatic carbocycles. The fraction of sp³-hybridized carbons (Fsp3) is 0.643. The summed E-state index contributed by atoms with van der Waals surface area (Å²) in [5.74, 6) is 3.11. The SMILES string of the molecule is O=C(c1cc2c(s1)CCSC2)C1CCCCC1. The summed E-state index contributed by atoms with van der Waals surface area (Å²) in [7, 11) is 0. The van der Waals surface area contributed by atoms with Gasteiger partial charge in [0.2, 0.25) is 0 Å². The number of thiophene rings is 1. The zero-order chi connectivity index (χ0) is 11.7. The molecule has 1 nitrogen and oxygen atoms in total. The number of fused-ring (bicyclic) bond motifs is 1. The standard InChI is InChI=1S/C14H18OS2/c15-14(10-4-2-1-3-5-10)13-8-11-9-16-7-6-12(11)17-13/h8,10H,1-7,9H2. The third-order valence-corrected chi connectivity index (χ3v) is 6.11. The Kier molecular flexibility index (Phi) is 3.57. The maximum Gasteiger partial charge on any atom is 0.175 e. The molecule has 1 fully saturated rings. The lowest BCUT2D eigenvalue weighted by molar-refractivity contribution is 0.0894. The van der Waals surface area contributed by atoms with Gasteiger partial charge in [-0.05, 0) is 36.6 Å². The largest absolute Gasteiger partial charge is 0.293 e. The molecule has 0 atom stereocenters. The molecule has 0 radical (unpaired) electrons. The Morgan fingerprint density at radius 1 is 1.24 bits per heavy atom. The molecule has 1 aromatic rings. The summed E-state index contributed by atoms with van der Waals surface area (Å²) in [6.07, 6.45) is 7.23. The van der Waals surface area contributed by atoms with Gasteiger partial charge in [-0.3, -0.25) is 4.79 Å². The summed E-state index contributed by atoms with van der Waals surface area (Å²) in [5, 5.41) is 0. The van der Waals surface area contributed by atoms with Crippen LogP contribution < -0.4 is 0 Å². The molecule has 3 heteroatoms. The average molecular weight is 266 g/mol. The summed E-state index contributed by atoms with van der Waals surface area (Å²) >= 11 is 3.77. The third-order valence-electron chi connectivity index (χ3n) is 3.85. The van der Waals surface area contributed by atoms with E-state index in [-0.39, 0.29) is 0 Å². The first-order valence-electron chi connectivity index (χ1n) is 6.58. The van der Waals surface area contributed by atoms with E-state index >= 15 is 0 Å². The summed E-state index contributed by atoms with van der Waals surface area (Å²) in [4.78, 5) is 14.9. The molecule has 92 valence electrons. The Bertz CT molecular complexity index is 392. The molecule has 0 bridgehead atoms. The van der Waals surface area contributed by atoms with Crippen molar-refractivity contribution in [1.82, 2.24) is 0 Å². The molecule has 0 amide bonds. The Labute approximate surface area is 111 Å². The Morgan fingerprint density at radius 2 is 2.06 bits per heavy atom. The van der Waals surface area contributed by atoms with Gasteiger partial charge in [-0.15, -0.1) is 11.3 Å². The maximum atomic E-state index is 12.4. The van der Waals surface area contributed by atoms with Crippen molar-refractivity contribution in [3.8, 4) is 0 Å². The predicted octanol–water partition coefficient (Wildman–Crippen LogP) is 4.30. The minimum atomic E-state index is 0.330. The second-order valence-corrected chi connectivity index (χ2v) is 7.30. The summed E-state index contributed by atoms with van der Waals surface area (Å²) in [6, 6.07) is 2.18. The lowest BCUT2D eigenvalue weighted by atomic mass is 9.86. The quantitative estimate of drug-likeness (QED) is 0.742. The number of hydrogen-bond donors (Lipinski definition) is 0. The van der Waals surface area contributed by atoms with Crippen LogP contribution in [0.2, 0.25) is 0 Å². The van der Waals surface area contributed by atoms with Crippen LogP contribution >= 0.6 is 23.1 Å². The molecule has 0 spiro atoms. The number of hydrogen-bond acceptors (Lipinski definition) is 3. The van der Waals surface area contributed by atoms with Gasteiger partial charge in [0.15, 0.2) is 5.78 Å². The minimum absolute atomic E-state index is 0.330. The van der Waals surface area contributed by atoms with Gasteiger partial charge in [-0.2, -0.15) is 11.8 Å². The van der Waals surface area contributed by atoms with E-state index in [9.17, 15) is 4.79 Å². The predicted molar refractivity (Wildman–Crippen MR) is 75.1 cm³/mol. The first-order valence-corrected chi connectivity index (χ1v) is 8.55. The third kappa shape index (κ3) is 2.45. The maximum absolute atomic E-state index is 12.4. The van der Waals surface area contributed by atoms with E-state index in [4.69, 9.17) is 0 Å². The van der Waals surface area contributed by atoms with Gasteiger partial charge in [-0.1, -0.05) is 19.3 Å². The van der Waals surface area contributed by atoms with Crippen LogP contribution in [0.3, 0.4) is 0 Å². The molecule has 2 heterocycles. The first kappa shape index (κ1) is 11.8. The van der Waals surface area contributed by atoms with Crippen LogP contribution in [0.15, 0.2) is 6.07 Å². The van der Waals surface area contributed by atoms with E-state index in [1.165, 1.54) is 41.9 Å². The zero-order valence-corrected chi connectivity index (χ0v) is 11.7. The van der Waals surface area contributed by atoms with Gasteiger partial charge in [0, 0.05) is 16.5 Å². The van der Waals surface area contributed by atoms with Crippen LogP contribution in [-0.4, -0.2) is 11.5 Å². The van der Waals surface area contributed by atoms with Crippen LogP contribution in [-0.2, 0) is 12.2 Å². The summed E-state index contributed by atoms with van der Waals surface area (Å²) in [6.45, 7) is 0. The Morgan fingerprint density at radius 3 is 2.82 bits per heavy atom. The highest BCUT2D eigenvalue weighted by molar-refractivity contribution is 7.98. The molecule has 1 aliphatic carbocycles. The van der Waals surface area contributed by atoms with Crippen LogP contribution in [0.5, 0.6) is 0 Å². The molecule has 0 N–H and O–H groups in total. The van der Waals surface area contributed by atoms with E-state index < -0.39 is 0 Å². The van der Waals surface area contributed by atoms with Gasteiger partial charge < -0.3 is 0 Å². The fourth-order valence-corrected chi connectivity index (χ4v) is 5.23. The van der Waals surface area contributed by atoms with Crippen LogP contribution in [0, 0.1) is 5.92 Å². The average Bonchev–Trinajstić information content (AvgIpc) is 2.82. The van der Waals surface area contributed by atoms with E-state index in [2.05, 4.69) is 6.07 Å². The topological polar surface area (TPSA) is 17.1 Å². The number of thioether (sulfide) groups is 1. The lowest BCUT2D eigenvalue weighted by Crippen LogP contribution is -2.16. The van der Waals surface area contributed by atoms with Gasteiger partial charge in [0.1, 0.15) is 0 Å². The molecule has 17 heavy (non-hydrogen) atoms. The Balaban J connectivity index is 1.78. The van der Waals surface area contributed by atoms with Crippen molar-refractivity contribution < 1.29 is 4.79 Å². The van der Waals surface area contributed by atoms with Crippen molar-refractivity contribution in [3.05, 3.63) is 21.4 Å². The normalized spacial score (nSPS) is 21.2. The molecule has 1 aromatic heterocycles.